The quantitative estimate of drug-likeness (QED) is 0.778. The molecule has 0 saturated carbocycles. The van der Waals surface area contributed by atoms with Gasteiger partial charge in [0.05, 0.1) is 5.69 Å². The van der Waals surface area contributed by atoms with Gasteiger partial charge in [0.1, 0.15) is 5.75 Å². The number of aromatic hydroxyl groups is 1. The molecule has 2 nitrogen and oxygen atoms in total. The second-order valence-corrected chi connectivity index (χ2v) is 3.82. The molecule has 0 radical (unpaired) electrons. The number of para-hydroxylation sites is 2. The van der Waals surface area contributed by atoms with Gasteiger partial charge >= 0.3 is 0 Å². The van der Waals surface area contributed by atoms with E-state index in [4.69, 9.17) is 0 Å². The minimum absolute atomic E-state index is 0.273. The number of benzene rings is 2. The van der Waals surface area contributed by atoms with Gasteiger partial charge in [-0.2, -0.15) is 0 Å². The molecule has 17 heavy (non-hydrogen) atoms. The molecule has 0 bridgehead atoms. The second-order valence-electron chi connectivity index (χ2n) is 3.82. The van der Waals surface area contributed by atoms with Crippen LogP contribution >= 0.6 is 0 Å². The maximum absolute atomic E-state index is 9.59. The van der Waals surface area contributed by atoms with Crippen LogP contribution in [0.1, 0.15) is 11.1 Å². The largest absolute Gasteiger partial charge is 0.506 e. The van der Waals surface area contributed by atoms with E-state index in [1.54, 1.807) is 12.1 Å². The highest BCUT2D eigenvalue weighted by atomic mass is 16.3. The summed E-state index contributed by atoms with van der Waals surface area (Å²) in [5, 5.41) is 12.8. The molecule has 0 amide bonds. The average Bonchev–Trinajstić information content (AvgIpc) is 2.38. The summed E-state index contributed by atoms with van der Waals surface area (Å²) in [4.78, 5) is 0. The summed E-state index contributed by atoms with van der Waals surface area (Å²) in [6.07, 6.45) is 1.82. The van der Waals surface area contributed by atoms with Crippen LogP contribution in [0, 0.1) is 0 Å². The fourth-order valence-corrected chi connectivity index (χ4v) is 1.59. The average molecular weight is 225 g/mol. The summed E-state index contributed by atoms with van der Waals surface area (Å²) in [6, 6.07) is 15.4. The Kier molecular flexibility index (Phi) is 3.46. The minimum Gasteiger partial charge on any atom is -0.506 e. The number of phenolic OH excluding ortho intramolecular Hbond substituents is 1. The van der Waals surface area contributed by atoms with Gasteiger partial charge in [0.2, 0.25) is 0 Å². The normalized spacial score (nSPS) is 9.88. The van der Waals surface area contributed by atoms with E-state index in [1.165, 1.54) is 5.56 Å². The van der Waals surface area contributed by atoms with Gasteiger partial charge < -0.3 is 10.4 Å². The van der Waals surface area contributed by atoms with Gasteiger partial charge in [-0.25, -0.2) is 0 Å². The molecule has 0 saturated heterocycles. The fourth-order valence-electron chi connectivity index (χ4n) is 1.59. The van der Waals surface area contributed by atoms with Crippen LogP contribution in [0.15, 0.2) is 55.1 Å². The topological polar surface area (TPSA) is 32.3 Å². The first-order valence-corrected chi connectivity index (χ1v) is 5.53. The third-order valence-electron chi connectivity index (χ3n) is 2.60. The van der Waals surface area contributed by atoms with E-state index in [0.29, 0.717) is 6.54 Å². The second kappa shape index (κ2) is 5.21. The number of anilines is 1. The van der Waals surface area contributed by atoms with Crippen molar-refractivity contribution >= 4 is 11.8 Å². The lowest BCUT2D eigenvalue weighted by atomic mass is 10.1. The molecule has 2 heteroatoms. The highest BCUT2D eigenvalue weighted by Crippen LogP contribution is 2.22. The van der Waals surface area contributed by atoms with E-state index in [2.05, 4.69) is 11.9 Å². The predicted octanol–water partition coefficient (Wildman–Crippen LogP) is 3.65. The summed E-state index contributed by atoms with van der Waals surface area (Å²) in [6.45, 7) is 4.41. The third-order valence-corrected chi connectivity index (χ3v) is 2.60. The number of nitrogens with one attached hydrogen (secondary N) is 1. The summed E-state index contributed by atoms with van der Waals surface area (Å²) in [5.74, 6) is 0.273. The van der Waals surface area contributed by atoms with Crippen LogP contribution in [0.5, 0.6) is 5.75 Å². The fraction of sp³-hybridized carbons (Fsp3) is 0.0667. The SMILES string of the molecule is C=Cc1ccc(CNc2ccccc2O)cc1. The van der Waals surface area contributed by atoms with Crippen molar-refractivity contribution in [2.24, 2.45) is 0 Å². The van der Waals surface area contributed by atoms with E-state index in [1.807, 2.05) is 42.5 Å². The van der Waals surface area contributed by atoms with Crippen LogP contribution < -0.4 is 5.32 Å². The van der Waals surface area contributed by atoms with Gasteiger partial charge in [-0.3, -0.25) is 0 Å². The van der Waals surface area contributed by atoms with Gasteiger partial charge in [-0.15, -0.1) is 0 Å². The Morgan fingerprint density at radius 3 is 2.41 bits per heavy atom. The van der Waals surface area contributed by atoms with Crippen molar-refractivity contribution in [2.45, 2.75) is 6.54 Å². The zero-order valence-corrected chi connectivity index (χ0v) is 9.56. The number of rotatable bonds is 4. The van der Waals surface area contributed by atoms with E-state index in [9.17, 15) is 5.11 Å². The van der Waals surface area contributed by atoms with Crippen LogP contribution in [0.2, 0.25) is 0 Å². The Morgan fingerprint density at radius 1 is 1.06 bits per heavy atom. The Morgan fingerprint density at radius 2 is 1.76 bits per heavy atom. The first kappa shape index (κ1) is 11.3. The van der Waals surface area contributed by atoms with Gasteiger partial charge in [0, 0.05) is 6.54 Å². The van der Waals surface area contributed by atoms with E-state index in [-0.39, 0.29) is 5.75 Å². The number of phenols is 1. The Hall–Kier alpha value is -2.22. The zero-order chi connectivity index (χ0) is 12.1. The molecule has 2 N–H and O–H groups in total. The van der Waals surface area contributed by atoms with E-state index >= 15 is 0 Å². The molecule has 86 valence electrons. The Balaban J connectivity index is 2.02. The van der Waals surface area contributed by atoms with Crippen molar-refractivity contribution in [2.75, 3.05) is 5.32 Å². The lowest BCUT2D eigenvalue weighted by Gasteiger charge is -2.08. The molecule has 0 aromatic heterocycles. The monoisotopic (exact) mass is 225 g/mol. The summed E-state index contributed by atoms with van der Waals surface area (Å²) in [7, 11) is 0. The van der Waals surface area contributed by atoms with Gasteiger partial charge in [0.25, 0.3) is 0 Å². The highest BCUT2D eigenvalue weighted by Gasteiger charge is 1.98. The van der Waals surface area contributed by atoms with Crippen molar-refractivity contribution in [3.63, 3.8) is 0 Å². The summed E-state index contributed by atoms with van der Waals surface area (Å²) >= 11 is 0. The maximum atomic E-state index is 9.59. The van der Waals surface area contributed by atoms with E-state index < -0.39 is 0 Å². The molecule has 0 aliphatic carbocycles. The molecule has 0 aliphatic heterocycles. The first-order valence-electron chi connectivity index (χ1n) is 5.53. The van der Waals surface area contributed by atoms with Crippen LogP contribution in [-0.4, -0.2) is 5.11 Å². The van der Waals surface area contributed by atoms with Crippen LogP contribution in [-0.2, 0) is 6.54 Å². The third kappa shape index (κ3) is 2.88. The lowest BCUT2D eigenvalue weighted by molar-refractivity contribution is 0.477. The van der Waals surface area contributed by atoms with Gasteiger partial charge in [-0.05, 0) is 23.3 Å². The van der Waals surface area contributed by atoms with Crippen LogP contribution in [0.3, 0.4) is 0 Å². The number of hydrogen-bond donors (Lipinski definition) is 2. The summed E-state index contributed by atoms with van der Waals surface area (Å²) < 4.78 is 0. The zero-order valence-electron chi connectivity index (χ0n) is 9.56. The summed E-state index contributed by atoms with van der Waals surface area (Å²) in [5.41, 5.74) is 3.02. The molecule has 0 heterocycles. The molecular formula is C15H15NO. The first-order chi connectivity index (χ1) is 8.29. The molecule has 0 atom stereocenters. The minimum atomic E-state index is 0.273. The smallest absolute Gasteiger partial charge is 0.138 e. The van der Waals surface area contributed by atoms with Crippen molar-refractivity contribution in [3.8, 4) is 5.75 Å². The van der Waals surface area contributed by atoms with Crippen LogP contribution in [0.4, 0.5) is 5.69 Å². The molecule has 0 spiro atoms. The highest BCUT2D eigenvalue weighted by molar-refractivity contribution is 5.55. The molecule has 2 rings (SSSR count). The molecule has 2 aromatic carbocycles. The Bertz CT molecular complexity index is 503. The van der Waals surface area contributed by atoms with Crippen LogP contribution in [0.25, 0.3) is 6.08 Å². The molecule has 2 aromatic rings. The van der Waals surface area contributed by atoms with Gasteiger partial charge in [0.15, 0.2) is 0 Å². The van der Waals surface area contributed by atoms with Crippen molar-refractivity contribution in [1.29, 1.82) is 0 Å². The molecule has 0 fully saturated rings. The van der Waals surface area contributed by atoms with Gasteiger partial charge in [-0.1, -0.05) is 49.1 Å². The van der Waals surface area contributed by atoms with Crippen molar-refractivity contribution in [1.82, 2.24) is 0 Å². The van der Waals surface area contributed by atoms with E-state index in [0.717, 1.165) is 11.3 Å². The van der Waals surface area contributed by atoms with Crippen molar-refractivity contribution in [3.05, 3.63) is 66.2 Å². The molecular weight excluding hydrogens is 210 g/mol. The predicted molar refractivity (Wildman–Crippen MR) is 72.0 cm³/mol. The maximum Gasteiger partial charge on any atom is 0.138 e. The standard InChI is InChI=1S/C15H15NO/c1-2-12-7-9-13(10-8-12)11-16-14-5-3-4-6-15(14)17/h2-10,16-17H,1,11H2. The molecule has 0 aliphatic rings. The number of hydrogen-bond acceptors (Lipinski definition) is 2. The lowest BCUT2D eigenvalue weighted by Crippen LogP contribution is -1.99. The van der Waals surface area contributed by atoms with Crippen molar-refractivity contribution < 1.29 is 5.11 Å². The Labute approximate surface area is 101 Å². The molecule has 0 unspecified atom stereocenters.